The van der Waals surface area contributed by atoms with E-state index in [4.69, 9.17) is 0 Å². The van der Waals surface area contributed by atoms with Crippen molar-refractivity contribution >= 4 is 5.91 Å². The molecule has 2 saturated heterocycles. The average molecular weight is 315 g/mol. The summed E-state index contributed by atoms with van der Waals surface area (Å²) in [7, 11) is 0. The summed E-state index contributed by atoms with van der Waals surface area (Å²) in [6.07, 6.45) is 5.51. The topological polar surface area (TPSA) is 44.4 Å². The summed E-state index contributed by atoms with van der Waals surface area (Å²) in [5.74, 6) is 0.184. The van der Waals surface area contributed by atoms with E-state index in [9.17, 15) is 4.79 Å². The first kappa shape index (κ1) is 16.5. The highest BCUT2D eigenvalue weighted by atomic mass is 16.2. The number of piperidine rings is 2. The molecule has 4 heteroatoms. The fourth-order valence-corrected chi connectivity index (χ4v) is 3.75. The van der Waals surface area contributed by atoms with Gasteiger partial charge in [0.25, 0.3) is 0 Å². The molecule has 23 heavy (non-hydrogen) atoms. The van der Waals surface area contributed by atoms with Crippen LogP contribution >= 0.6 is 0 Å². The van der Waals surface area contributed by atoms with Gasteiger partial charge in [0.05, 0.1) is 5.54 Å². The minimum atomic E-state index is -0.375. The third-order valence-corrected chi connectivity index (χ3v) is 5.21. The van der Waals surface area contributed by atoms with Gasteiger partial charge in [-0.1, -0.05) is 30.3 Å². The number of hydrogen-bond donors (Lipinski definition) is 2. The maximum absolute atomic E-state index is 12.7. The Balaban J connectivity index is 1.53. The highest BCUT2D eigenvalue weighted by Crippen LogP contribution is 2.20. The summed E-state index contributed by atoms with van der Waals surface area (Å²) >= 11 is 0. The summed E-state index contributed by atoms with van der Waals surface area (Å²) in [5.41, 5.74) is 0.973. The number of nitrogens with zero attached hydrogens (tertiary/aromatic N) is 1. The molecule has 0 aliphatic carbocycles. The average Bonchev–Trinajstić information content (AvgIpc) is 2.57. The number of benzene rings is 1. The predicted molar refractivity (Wildman–Crippen MR) is 93.1 cm³/mol. The minimum Gasteiger partial charge on any atom is -0.350 e. The van der Waals surface area contributed by atoms with E-state index in [1.807, 2.05) is 6.92 Å². The summed E-state index contributed by atoms with van der Waals surface area (Å²) in [6.45, 7) is 6.05. The van der Waals surface area contributed by atoms with Crippen LogP contribution < -0.4 is 10.6 Å². The maximum Gasteiger partial charge on any atom is 0.240 e. The van der Waals surface area contributed by atoms with Gasteiger partial charge in [0.1, 0.15) is 0 Å². The number of carbonyl (C=O) groups is 1. The van der Waals surface area contributed by atoms with E-state index in [0.717, 1.165) is 51.9 Å². The van der Waals surface area contributed by atoms with E-state index >= 15 is 0 Å². The van der Waals surface area contributed by atoms with Crippen molar-refractivity contribution in [3.8, 4) is 0 Å². The summed E-state index contributed by atoms with van der Waals surface area (Å²) in [4.78, 5) is 15.1. The number of amides is 1. The van der Waals surface area contributed by atoms with Crippen LogP contribution in [0.3, 0.4) is 0 Å². The van der Waals surface area contributed by atoms with Crippen molar-refractivity contribution in [3.05, 3.63) is 35.9 Å². The second-order valence-corrected chi connectivity index (χ2v) is 7.25. The lowest BCUT2D eigenvalue weighted by atomic mass is 9.89. The standard InChI is InChI=1S/C19H29N3O/c1-19(11-5-6-12-20-19)18(23)21-17-10-7-13-22(15-17)14-16-8-3-2-4-9-16/h2-4,8-9,17,20H,5-7,10-15H2,1H3,(H,21,23). The van der Waals surface area contributed by atoms with Crippen molar-refractivity contribution < 1.29 is 4.79 Å². The Morgan fingerprint density at radius 3 is 2.87 bits per heavy atom. The van der Waals surface area contributed by atoms with Gasteiger partial charge in [-0.05, 0) is 57.7 Å². The molecule has 2 fully saturated rings. The zero-order valence-corrected chi connectivity index (χ0v) is 14.2. The molecule has 1 amide bonds. The predicted octanol–water partition coefficient (Wildman–Crippen LogP) is 2.30. The molecule has 0 aromatic heterocycles. The van der Waals surface area contributed by atoms with E-state index < -0.39 is 0 Å². The molecule has 2 atom stereocenters. The van der Waals surface area contributed by atoms with E-state index in [1.165, 1.54) is 12.0 Å². The van der Waals surface area contributed by atoms with Gasteiger partial charge in [0.15, 0.2) is 0 Å². The van der Waals surface area contributed by atoms with Crippen LogP contribution in [0.15, 0.2) is 30.3 Å². The Kier molecular flexibility index (Phi) is 5.34. The van der Waals surface area contributed by atoms with Crippen molar-refractivity contribution in [2.24, 2.45) is 0 Å². The highest BCUT2D eigenvalue weighted by Gasteiger charge is 2.35. The molecule has 0 bridgehead atoms. The highest BCUT2D eigenvalue weighted by molar-refractivity contribution is 5.86. The number of likely N-dealkylation sites (tertiary alicyclic amines) is 1. The largest absolute Gasteiger partial charge is 0.350 e. The molecule has 0 spiro atoms. The van der Waals surface area contributed by atoms with Crippen LogP contribution in [0, 0.1) is 0 Å². The molecule has 1 aromatic rings. The van der Waals surface area contributed by atoms with Crippen molar-refractivity contribution in [1.82, 2.24) is 15.5 Å². The number of hydrogen-bond acceptors (Lipinski definition) is 3. The second-order valence-electron chi connectivity index (χ2n) is 7.25. The summed E-state index contributed by atoms with van der Waals surface area (Å²) in [6, 6.07) is 10.9. The molecular formula is C19H29N3O. The quantitative estimate of drug-likeness (QED) is 0.896. The smallest absolute Gasteiger partial charge is 0.240 e. The fraction of sp³-hybridized carbons (Fsp3) is 0.632. The first-order valence-electron chi connectivity index (χ1n) is 8.98. The molecule has 2 N–H and O–H groups in total. The monoisotopic (exact) mass is 315 g/mol. The minimum absolute atomic E-state index is 0.184. The molecule has 0 saturated carbocycles. The van der Waals surface area contributed by atoms with Crippen LogP contribution in [0.25, 0.3) is 0 Å². The van der Waals surface area contributed by atoms with E-state index in [1.54, 1.807) is 0 Å². The van der Waals surface area contributed by atoms with Crippen molar-refractivity contribution in [2.45, 2.75) is 57.2 Å². The van der Waals surface area contributed by atoms with Gasteiger partial charge in [0, 0.05) is 19.1 Å². The summed E-state index contributed by atoms with van der Waals surface area (Å²) in [5, 5.41) is 6.71. The zero-order valence-electron chi connectivity index (χ0n) is 14.2. The van der Waals surface area contributed by atoms with Gasteiger partial charge in [0.2, 0.25) is 5.91 Å². The van der Waals surface area contributed by atoms with E-state index in [-0.39, 0.29) is 17.5 Å². The van der Waals surface area contributed by atoms with Gasteiger partial charge in [-0.2, -0.15) is 0 Å². The zero-order chi connectivity index (χ0) is 16.1. The number of rotatable bonds is 4. The lowest BCUT2D eigenvalue weighted by molar-refractivity contribution is -0.129. The van der Waals surface area contributed by atoms with Gasteiger partial charge in [-0.15, -0.1) is 0 Å². The van der Waals surface area contributed by atoms with Crippen molar-refractivity contribution in [2.75, 3.05) is 19.6 Å². The van der Waals surface area contributed by atoms with E-state index in [2.05, 4.69) is 45.9 Å². The Hall–Kier alpha value is -1.39. The lowest BCUT2D eigenvalue weighted by Gasteiger charge is -2.38. The first-order chi connectivity index (χ1) is 11.2. The Labute approximate surface area is 139 Å². The fourth-order valence-electron chi connectivity index (χ4n) is 3.75. The number of carbonyl (C=O) groups excluding carboxylic acids is 1. The third kappa shape index (κ3) is 4.33. The molecule has 2 unspecified atom stereocenters. The Morgan fingerprint density at radius 2 is 2.13 bits per heavy atom. The van der Waals surface area contributed by atoms with Crippen LogP contribution in [0.1, 0.15) is 44.6 Å². The van der Waals surface area contributed by atoms with Crippen LogP contribution in [-0.4, -0.2) is 42.0 Å². The van der Waals surface area contributed by atoms with Crippen LogP contribution in [0.4, 0.5) is 0 Å². The van der Waals surface area contributed by atoms with Gasteiger partial charge in [-0.3, -0.25) is 9.69 Å². The molecule has 2 aliphatic heterocycles. The van der Waals surface area contributed by atoms with E-state index in [0.29, 0.717) is 0 Å². The third-order valence-electron chi connectivity index (χ3n) is 5.21. The molecule has 0 radical (unpaired) electrons. The SMILES string of the molecule is CC1(C(=O)NC2CCCN(Cc3ccccc3)C2)CCCCN1. The molecule has 4 nitrogen and oxygen atoms in total. The van der Waals surface area contributed by atoms with Gasteiger partial charge >= 0.3 is 0 Å². The Bertz CT molecular complexity index is 511. The molecule has 2 aliphatic rings. The first-order valence-corrected chi connectivity index (χ1v) is 8.98. The molecule has 2 heterocycles. The lowest BCUT2D eigenvalue weighted by Crippen LogP contribution is -2.60. The van der Waals surface area contributed by atoms with Crippen LogP contribution in [0.5, 0.6) is 0 Å². The van der Waals surface area contributed by atoms with Crippen LogP contribution in [0.2, 0.25) is 0 Å². The Morgan fingerprint density at radius 1 is 1.30 bits per heavy atom. The molecular weight excluding hydrogens is 286 g/mol. The van der Waals surface area contributed by atoms with Gasteiger partial charge < -0.3 is 10.6 Å². The maximum atomic E-state index is 12.7. The summed E-state index contributed by atoms with van der Waals surface area (Å²) < 4.78 is 0. The molecule has 126 valence electrons. The molecule has 1 aromatic carbocycles. The number of nitrogens with one attached hydrogen (secondary N) is 2. The normalized spacial score (nSPS) is 29.2. The van der Waals surface area contributed by atoms with Crippen molar-refractivity contribution in [3.63, 3.8) is 0 Å². The van der Waals surface area contributed by atoms with Crippen molar-refractivity contribution in [1.29, 1.82) is 0 Å². The van der Waals surface area contributed by atoms with Gasteiger partial charge in [-0.25, -0.2) is 0 Å². The van der Waals surface area contributed by atoms with Crippen LogP contribution in [-0.2, 0) is 11.3 Å². The molecule has 3 rings (SSSR count). The second kappa shape index (κ2) is 7.45.